The summed E-state index contributed by atoms with van der Waals surface area (Å²) in [6.45, 7) is 15.2. The van der Waals surface area contributed by atoms with Gasteiger partial charge in [-0.25, -0.2) is 4.79 Å². The highest BCUT2D eigenvalue weighted by atomic mass is 79.9. The van der Waals surface area contributed by atoms with Crippen LogP contribution in [0.2, 0.25) is 0 Å². The predicted octanol–water partition coefficient (Wildman–Crippen LogP) is 3.41. The van der Waals surface area contributed by atoms with E-state index in [0.29, 0.717) is 19.6 Å². The van der Waals surface area contributed by atoms with Gasteiger partial charge in [-0.15, -0.1) is 0 Å². The number of carbonyl (C=O) groups excluding carboxylic acids is 2. The Morgan fingerprint density at radius 2 is 1.46 bits per heavy atom. The third kappa shape index (κ3) is 10.6. The number of esters is 1. The summed E-state index contributed by atoms with van der Waals surface area (Å²) < 4.78 is 16.6. The van der Waals surface area contributed by atoms with Gasteiger partial charge in [0, 0.05) is 10.9 Å². The van der Waals surface area contributed by atoms with E-state index in [4.69, 9.17) is 14.2 Å². The van der Waals surface area contributed by atoms with E-state index < -0.39 is 23.8 Å². The molecule has 0 rings (SSSR count). The van der Waals surface area contributed by atoms with Crippen molar-refractivity contribution in [1.82, 2.24) is 0 Å². The molecule has 0 radical (unpaired) electrons. The van der Waals surface area contributed by atoms with Crippen molar-refractivity contribution in [2.24, 2.45) is 0 Å². The van der Waals surface area contributed by atoms with E-state index in [9.17, 15) is 14.7 Å². The SMILES string of the molecule is CC(O)C(=O)OC(C)C(=O)C(C)(C)OCCC(C)(C)OCCC(C)(C)Br. The molecule has 0 aromatic carbocycles. The standard InChI is InChI=1S/C19H35BrO6/c1-13(21)16(23)26-14(2)15(22)19(7,8)25-12-10-18(5,6)24-11-9-17(3,4)20/h13-14,21H,9-12H2,1-8H3. The molecule has 1 N–H and O–H groups in total. The molecule has 2 atom stereocenters. The molecule has 2 unspecified atom stereocenters. The van der Waals surface area contributed by atoms with E-state index >= 15 is 0 Å². The van der Waals surface area contributed by atoms with Crippen LogP contribution in [-0.2, 0) is 23.8 Å². The summed E-state index contributed by atoms with van der Waals surface area (Å²) in [7, 11) is 0. The van der Waals surface area contributed by atoms with Gasteiger partial charge in [0.15, 0.2) is 6.10 Å². The fourth-order valence-corrected chi connectivity index (χ4v) is 2.24. The fraction of sp³-hybridized carbons (Fsp3) is 0.895. The second-order valence-corrected chi connectivity index (χ2v) is 10.5. The number of aliphatic hydroxyl groups excluding tert-OH is 1. The summed E-state index contributed by atoms with van der Waals surface area (Å²) >= 11 is 3.59. The normalized spacial score (nSPS) is 15.5. The Hall–Kier alpha value is -0.500. The first kappa shape index (κ1) is 25.5. The minimum Gasteiger partial charge on any atom is -0.453 e. The van der Waals surface area contributed by atoms with Gasteiger partial charge in [0.1, 0.15) is 11.7 Å². The lowest BCUT2D eigenvalue weighted by Gasteiger charge is -2.31. The highest BCUT2D eigenvalue weighted by Gasteiger charge is 2.35. The Balaban J connectivity index is 4.45. The van der Waals surface area contributed by atoms with Gasteiger partial charge in [0.25, 0.3) is 0 Å². The number of ketones is 1. The third-order valence-electron chi connectivity index (χ3n) is 3.95. The van der Waals surface area contributed by atoms with Crippen molar-refractivity contribution >= 4 is 27.7 Å². The molecule has 26 heavy (non-hydrogen) atoms. The van der Waals surface area contributed by atoms with Crippen molar-refractivity contribution in [1.29, 1.82) is 0 Å². The molecule has 6 nitrogen and oxygen atoms in total. The topological polar surface area (TPSA) is 82.1 Å². The lowest BCUT2D eigenvalue weighted by molar-refractivity contribution is -0.169. The molecule has 154 valence electrons. The zero-order chi connectivity index (χ0) is 20.8. The minimum atomic E-state index is -1.27. The molecular formula is C19H35BrO6. The Labute approximate surface area is 166 Å². The summed E-state index contributed by atoms with van der Waals surface area (Å²) in [5.41, 5.74) is -1.48. The first-order valence-corrected chi connectivity index (χ1v) is 9.76. The number of hydrogen-bond acceptors (Lipinski definition) is 6. The Morgan fingerprint density at radius 3 is 1.92 bits per heavy atom. The number of carbonyl (C=O) groups is 2. The van der Waals surface area contributed by atoms with E-state index in [-0.39, 0.29) is 15.7 Å². The number of Topliss-reactive ketones (excluding diaryl/α,β-unsaturated/α-hetero) is 1. The van der Waals surface area contributed by atoms with Crippen LogP contribution in [0.25, 0.3) is 0 Å². The van der Waals surface area contributed by atoms with E-state index in [1.54, 1.807) is 13.8 Å². The largest absolute Gasteiger partial charge is 0.453 e. The number of aliphatic hydroxyl groups is 1. The highest BCUT2D eigenvalue weighted by molar-refractivity contribution is 9.10. The zero-order valence-corrected chi connectivity index (χ0v) is 18.9. The van der Waals surface area contributed by atoms with Gasteiger partial charge in [-0.05, 0) is 68.2 Å². The molecule has 0 aliphatic heterocycles. The van der Waals surface area contributed by atoms with E-state index in [2.05, 4.69) is 29.8 Å². The van der Waals surface area contributed by atoms with Crippen molar-refractivity contribution in [3.05, 3.63) is 0 Å². The molecule has 7 heteroatoms. The van der Waals surface area contributed by atoms with Crippen LogP contribution in [-0.4, -0.2) is 57.8 Å². The van der Waals surface area contributed by atoms with Crippen LogP contribution in [0.4, 0.5) is 0 Å². The summed E-state index contributed by atoms with van der Waals surface area (Å²) in [5, 5.41) is 9.17. The van der Waals surface area contributed by atoms with Crippen LogP contribution in [0.5, 0.6) is 0 Å². The predicted molar refractivity (Wildman–Crippen MR) is 105 cm³/mol. The molecule has 0 spiro atoms. The molecule has 0 aromatic rings. The quantitative estimate of drug-likeness (QED) is 0.371. The summed E-state index contributed by atoms with van der Waals surface area (Å²) in [6.07, 6.45) is -0.754. The van der Waals surface area contributed by atoms with Crippen molar-refractivity contribution < 1.29 is 28.9 Å². The molecule has 0 aliphatic carbocycles. The van der Waals surface area contributed by atoms with E-state index in [1.165, 1.54) is 13.8 Å². The summed E-state index contributed by atoms with van der Waals surface area (Å²) in [5.74, 6) is -1.18. The van der Waals surface area contributed by atoms with Gasteiger partial charge in [-0.1, -0.05) is 15.9 Å². The smallest absolute Gasteiger partial charge is 0.335 e. The number of rotatable bonds is 12. The lowest BCUT2D eigenvalue weighted by Crippen LogP contribution is -2.44. The molecule has 0 saturated carbocycles. The van der Waals surface area contributed by atoms with Crippen LogP contribution >= 0.6 is 15.9 Å². The lowest BCUT2D eigenvalue weighted by atomic mass is 9.98. The van der Waals surface area contributed by atoms with Crippen LogP contribution in [0.3, 0.4) is 0 Å². The average molecular weight is 439 g/mol. The summed E-state index contributed by atoms with van der Waals surface area (Å²) in [4.78, 5) is 23.9. The molecule has 0 amide bonds. The average Bonchev–Trinajstić information content (AvgIpc) is 2.43. The van der Waals surface area contributed by atoms with Gasteiger partial charge in [0.05, 0.1) is 12.2 Å². The number of halogens is 1. The van der Waals surface area contributed by atoms with Crippen LogP contribution in [0, 0.1) is 0 Å². The molecule has 0 fully saturated rings. The van der Waals surface area contributed by atoms with Crippen molar-refractivity contribution in [3.63, 3.8) is 0 Å². The molecular weight excluding hydrogens is 404 g/mol. The number of hydrogen-bond donors (Lipinski definition) is 1. The number of ether oxygens (including phenoxy) is 3. The van der Waals surface area contributed by atoms with Crippen molar-refractivity contribution in [3.8, 4) is 0 Å². The maximum absolute atomic E-state index is 12.4. The Morgan fingerprint density at radius 1 is 0.962 bits per heavy atom. The third-order valence-corrected chi connectivity index (χ3v) is 4.35. The van der Waals surface area contributed by atoms with Crippen molar-refractivity contribution in [2.45, 2.75) is 96.0 Å². The second-order valence-electron chi connectivity index (χ2n) is 8.30. The summed E-state index contributed by atoms with van der Waals surface area (Å²) in [6, 6.07) is 0. The van der Waals surface area contributed by atoms with E-state index in [0.717, 1.165) is 6.42 Å². The van der Waals surface area contributed by atoms with Gasteiger partial charge >= 0.3 is 5.97 Å². The van der Waals surface area contributed by atoms with Gasteiger partial charge in [-0.3, -0.25) is 4.79 Å². The maximum Gasteiger partial charge on any atom is 0.335 e. The first-order valence-electron chi connectivity index (χ1n) is 8.97. The Bertz CT molecular complexity index is 465. The Kier molecular flexibility index (Phi) is 9.96. The molecule has 0 bridgehead atoms. The van der Waals surface area contributed by atoms with Crippen molar-refractivity contribution in [2.75, 3.05) is 13.2 Å². The van der Waals surface area contributed by atoms with Gasteiger partial charge < -0.3 is 19.3 Å². The van der Waals surface area contributed by atoms with Crippen LogP contribution < -0.4 is 0 Å². The maximum atomic E-state index is 12.4. The molecule has 0 heterocycles. The van der Waals surface area contributed by atoms with Gasteiger partial charge in [0.2, 0.25) is 5.78 Å². The molecule has 0 saturated heterocycles. The van der Waals surface area contributed by atoms with E-state index in [1.807, 2.05) is 13.8 Å². The van der Waals surface area contributed by atoms with Crippen LogP contribution in [0.1, 0.15) is 68.2 Å². The second kappa shape index (κ2) is 10.2. The fourth-order valence-electron chi connectivity index (χ4n) is 2.08. The molecule has 0 aliphatic rings. The van der Waals surface area contributed by atoms with Crippen LogP contribution in [0.15, 0.2) is 0 Å². The molecule has 0 aromatic heterocycles. The number of alkyl halides is 1. The highest BCUT2D eigenvalue weighted by Crippen LogP contribution is 2.24. The zero-order valence-electron chi connectivity index (χ0n) is 17.3. The monoisotopic (exact) mass is 438 g/mol. The first-order chi connectivity index (χ1) is 11.6. The van der Waals surface area contributed by atoms with Gasteiger partial charge in [-0.2, -0.15) is 0 Å². The minimum absolute atomic E-state index is 0.0353.